The van der Waals surface area contributed by atoms with Gasteiger partial charge in [-0.05, 0) is 6.92 Å². The van der Waals surface area contributed by atoms with Gasteiger partial charge in [0.2, 0.25) is 5.89 Å². The van der Waals surface area contributed by atoms with E-state index < -0.39 is 0 Å². The highest BCUT2D eigenvalue weighted by Crippen LogP contribution is 2.06. The summed E-state index contributed by atoms with van der Waals surface area (Å²) in [7, 11) is 0. The smallest absolute Gasteiger partial charge is 0.223 e. The van der Waals surface area contributed by atoms with Crippen molar-refractivity contribution in [2.75, 3.05) is 6.54 Å². The molecule has 0 saturated carbocycles. The first-order valence-electron chi connectivity index (χ1n) is 5.54. The van der Waals surface area contributed by atoms with E-state index in [1.54, 1.807) is 25.5 Å². The molecule has 0 aromatic carbocycles. The number of rotatable bonds is 5. The summed E-state index contributed by atoms with van der Waals surface area (Å²) in [5.74, 6) is 1.32. The standard InChI is InChI=1S/C11H15N5O/c1-8(10-7-12-5-6-14-10)13-4-3-11-15-9(2)17-16-11/h5-8,13H,3-4H2,1-2H3. The van der Waals surface area contributed by atoms with Gasteiger partial charge in [0.1, 0.15) is 0 Å². The summed E-state index contributed by atoms with van der Waals surface area (Å²) < 4.78 is 4.90. The lowest BCUT2D eigenvalue weighted by molar-refractivity contribution is 0.386. The van der Waals surface area contributed by atoms with Crippen molar-refractivity contribution in [2.45, 2.75) is 26.3 Å². The first kappa shape index (κ1) is 11.7. The molecule has 1 unspecified atom stereocenters. The molecule has 0 saturated heterocycles. The summed E-state index contributed by atoms with van der Waals surface area (Å²) in [5.41, 5.74) is 0.928. The van der Waals surface area contributed by atoms with Crippen molar-refractivity contribution in [3.05, 3.63) is 36.0 Å². The summed E-state index contributed by atoms with van der Waals surface area (Å²) in [6, 6.07) is 0.164. The van der Waals surface area contributed by atoms with Crippen LogP contribution in [0, 0.1) is 6.92 Å². The fraction of sp³-hybridized carbons (Fsp3) is 0.455. The minimum absolute atomic E-state index is 0.164. The van der Waals surface area contributed by atoms with Crippen molar-refractivity contribution in [1.29, 1.82) is 0 Å². The lowest BCUT2D eigenvalue weighted by Gasteiger charge is -2.11. The van der Waals surface area contributed by atoms with Gasteiger partial charge in [-0.3, -0.25) is 9.97 Å². The molecule has 0 aliphatic heterocycles. The Balaban J connectivity index is 1.79. The van der Waals surface area contributed by atoms with Gasteiger partial charge in [0.15, 0.2) is 5.82 Å². The Morgan fingerprint density at radius 2 is 2.29 bits per heavy atom. The zero-order valence-electron chi connectivity index (χ0n) is 9.92. The van der Waals surface area contributed by atoms with Crippen LogP contribution in [0.3, 0.4) is 0 Å². The molecule has 6 nitrogen and oxygen atoms in total. The topological polar surface area (TPSA) is 76.7 Å². The van der Waals surface area contributed by atoms with Gasteiger partial charge in [0.25, 0.3) is 0 Å². The quantitative estimate of drug-likeness (QED) is 0.832. The fourth-order valence-corrected chi connectivity index (χ4v) is 1.48. The van der Waals surface area contributed by atoms with E-state index in [1.807, 2.05) is 6.92 Å². The van der Waals surface area contributed by atoms with Crippen LogP contribution < -0.4 is 5.32 Å². The van der Waals surface area contributed by atoms with E-state index in [0.717, 1.165) is 24.5 Å². The van der Waals surface area contributed by atoms with Gasteiger partial charge < -0.3 is 9.84 Å². The molecule has 17 heavy (non-hydrogen) atoms. The molecule has 6 heteroatoms. The first-order chi connectivity index (χ1) is 8.25. The molecular weight excluding hydrogens is 218 g/mol. The molecule has 2 rings (SSSR count). The predicted molar refractivity (Wildman–Crippen MR) is 61.2 cm³/mol. The highest BCUT2D eigenvalue weighted by molar-refractivity contribution is 5.00. The van der Waals surface area contributed by atoms with E-state index in [0.29, 0.717) is 5.89 Å². The maximum Gasteiger partial charge on any atom is 0.223 e. The van der Waals surface area contributed by atoms with Crippen LogP contribution in [0.4, 0.5) is 0 Å². The van der Waals surface area contributed by atoms with Crippen LogP contribution in [0.15, 0.2) is 23.1 Å². The van der Waals surface area contributed by atoms with E-state index >= 15 is 0 Å². The Morgan fingerprint density at radius 1 is 1.41 bits per heavy atom. The minimum Gasteiger partial charge on any atom is -0.340 e. The Labute approximate surface area is 99.5 Å². The third kappa shape index (κ3) is 3.32. The van der Waals surface area contributed by atoms with Crippen LogP contribution in [-0.4, -0.2) is 26.7 Å². The van der Waals surface area contributed by atoms with Crippen LogP contribution in [-0.2, 0) is 6.42 Å². The monoisotopic (exact) mass is 233 g/mol. The number of hydrogen-bond donors (Lipinski definition) is 1. The second-order valence-electron chi connectivity index (χ2n) is 3.79. The molecule has 0 spiro atoms. The number of nitrogens with one attached hydrogen (secondary N) is 1. The zero-order valence-corrected chi connectivity index (χ0v) is 9.92. The fourth-order valence-electron chi connectivity index (χ4n) is 1.48. The first-order valence-corrected chi connectivity index (χ1v) is 5.54. The molecule has 0 radical (unpaired) electrons. The Bertz CT molecular complexity index is 456. The van der Waals surface area contributed by atoms with Crippen LogP contribution in [0.2, 0.25) is 0 Å². The SMILES string of the molecule is Cc1nc(CCNC(C)c2cnccn2)no1. The molecule has 0 aliphatic rings. The number of nitrogens with zero attached hydrogens (tertiary/aromatic N) is 4. The van der Waals surface area contributed by atoms with Crippen molar-refractivity contribution in [3.63, 3.8) is 0 Å². The van der Waals surface area contributed by atoms with E-state index in [4.69, 9.17) is 4.52 Å². The lowest BCUT2D eigenvalue weighted by atomic mass is 10.2. The van der Waals surface area contributed by atoms with Crippen LogP contribution in [0.1, 0.15) is 30.4 Å². The molecule has 90 valence electrons. The van der Waals surface area contributed by atoms with E-state index in [2.05, 4.69) is 25.4 Å². The summed E-state index contributed by atoms with van der Waals surface area (Å²) in [6.07, 6.45) is 5.85. The average Bonchev–Trinajstić information content (AvgIpc) is 2.76. The molecule has 1 atom stereocenters. The molecule has 0 fully saturated rings. The molecule has 2 aromatic rings. The van der Waals surface area contributed by atoms with E-state index in [9.17, 15) is 0 Å². The van der Waals surface area contributed by atoms with Crippen molar-refractivity contribution in [3.8, 4) is 0 Å². The van der Waals surface area contributed by atoms with Gasteiger partial charge in [-0.1, -0.05) is 5.16 Å². The summed E-state index contributed by atoms with van der Waals surface area (Å²) >= 11 is 0. The normalized spacial score (nSPS) is 12.6. The number of aryl methyl sites for hydroxylation is 1. The molecule has 2 aromatic heterocycles. The summed E-state index contributed by atoms with van der Waals surface area (Å²) in [4.78, 5) is 12.4. The maximum atomic E-state index is 4.90. The molecule has 0 bridgehead atoms. The van der Waals surface area contributed by atoms with Gasteiger partial charge in [-0.25, -0.2) is 0 Å². The number of hydrogen-bond acceptors (Lipinski definition) is 6. The van der Waals surface area contributed by atoms with Crippen molar-refractivity contribution >= 4 is 0 Å². The average molecular weight is 233 g/mol. The van der Waals surface area contributed by atoms with E-state index in [1.165, 1.54) is 0 Å². The zero-order chi connectivity index (χ0) is 12.1. The largest absolute Gasteiger partial charge is 0.340 e. The highest BCUT2D eigenvalue weighted by Gasteiger charge is 2.07. The van der Waals surface area contributed by atoms with Crippen LogP contribution >= 0.6 is 0 Å². The van der Waals surface area contributed by atoms with Crippen molar-refractivity contribution in [1.82, 2.24) is 25.4 Å². The maximum absolute atomic E-state index is 4.90. The lowest BCUT2D eigenvalue weighted by Crippen LogP contribution is -2.22. The van der Waals surface area contributed by atoms with Crippen molar-refractivity contribution in [2.24, 2.45) is 0 Å². The molecule has 2 heterocycles. The Kier molecular flexibility index (Phi) is 3.77. The van der Waals surface area contributed by atoms with Gasteiger partial charge in [-0.15, -0.1) is 0 Å². The van der Waals surface area contributed by atoms with Crippen LogP contribution in [0.5, 0.6) is 0 Å². The van der Waals surface area contributed by atoms with Crippen LogP contribution in [0.25, 0.3) is 0 Å². The molecule has 1 N–H and O–H groups in total. The summed E-state index contributed by atoms with van der Waals surface area (Å²) in [6.45, 7) is 4.61. The van der Waals surface area contributed by atoms with Gasteiger partial charge in [0, 0.05) is 44.5 Å². The molecule has 0 aliphatic carbocycles. The summed E-state index contributed by atoms with van der Waals surface area (Å²) in [5, 5.41) is 7.16. The Hall–Kier alpha value is -1.82. The Morgan fingerprint density at radius 3 is 2.94 bits per heavy atom. The molecular formula is C11H15N5O. The third-order valence-corrected chi connectivity index (χ3v) is 2.40. The second-order valence-corrected chi connectivity index (χ2v) is 3.79. The minimum atomic E-state index is 0.164. The third-order valence-electron chi connectivity index (χ3n) is 2.40. The van der Waals surface area contributed by atoms with Crippen molar-refractivity contribution < 1.29 is 4.52 Å². The second kappa shape index (κ2) is 5.49. The number of aromatic nitrogens is 4. The van der Waals surface area contributed by atoms with Gasteiger partial charge in [0.05, 0.1) is 5.69 Å². The van der Waals surface area contributed by atoms with Gasteiger partial charge in [-0.2, -0.15) is 4.98 Å². The molecule has 0 amide bonds. The highest BCUT2D eigenvalue weighted by atomic mass is 16.5. The van der Waals surface area contributed by atoms with Gasteiger partial charge >= 0.3 is 0 Å². The van der Waals surface area contributed by atoms with E-state index in [-0.39, 0.29) is 6.04 Å². The predicted octanol–water partition coefficient (Wildman–Crippen LogP) is 1.06.